The second kappa shape index (κ2) is 5.99. The van der Waals surface area contributed by atoms with Gasteiger partial charge >= 0.3 is 0 Å². The molecular formula is C17H19N5O2. The number of aryl methyl sites for hydroxylation is 2. The Balaban J connectivity index is 1.42. The summed E-state index contributed by atoms with van der Waals surface area (Å²) in [6, 6.07) is 7.75. The molecule has 2 aromatic heterocycles. The van der Waals surface area contributed by atoms with E-state index in [2.05, 4.69) is 20.4 Å². The largest absolute Gasteiger partial charge is 0.486 e. The van der Waals surface area contributed by atoms with E-state index >= 15 is 0 Å². The van der Waals surface area contributed by atoms with Crippen LogP contribution in [0.3, 0.4) is 0 Å². The molecule has 24 heavy (non-hydrogen) atoms. The first-order chi connectivity index (χ1) is 11.7. The number of hydrogen-bond donors (Lipinski definition) is 1. The maximum absolute atomic E-state index is 5.97. The van der Waals surface area contributed by atoms with Crippen LogP contribution >= 0.6 is 0 Å². The number of rotatable bonds is 4. The zero-order valence-corrected chi connectivity index (χ0v) is 13.7. The van der Waals surface area contributed by atoms with E-state index in [1.807, 2.05) is 38.2 Å². The number of benzene rings is 1. The Labute approximate surface area is 139 Å². The molecule has 0 saturated carbocycles. The first-order valence-electron chi connectivity index (χ1n) is 7.99. The van der Waals surface area contributed by atoms with Crippen molar-refractivity contribution in [1.82, 2.24) is 19.7 Å². The fourth-order valence-electron chi connectivity index (χ4n) is 2.97. The van der Waals surface area contributed by atoms with Gasteiger partial charge in [-0.2, -0.15) is 5.10 Å². The predicted octanol–water partition coefficient (Wildman–Crippen LogP) is 2.31. The monoisotopic (exact) mass is 325 g/mol. The summed E-state index contributed by atoms with van der Waals surface area (Å²) in [5.74, 6) is 2.43. The smallest absolute Gasteiger partial charge is 0.163 e. The minimum atomic E-state index is 0.0275. The van der Waals surface area contributed by atoms with E-state index in [4.69, 9.17) is 9.47 Å². The van der Waals surface area contributed by atoms with Crippen molar-refractivity contribution in [3.63, 3.8) is 0 Å². The highest BCUT2D eigenvalue weighted by Crippen LogP contribution is 2.31. The van der Waals surface area contributed by atoms with Gasteiger partial charge < -0.3 is 14.8 Å². The molecule has 0 unspecified atom stereocenters. The summed E-state index contributed by atoms with van der Waals surface area (Å²) in [5.41, 5.74) is 1.75. The molecule has 0 amide bonds. The van der Waals surface area contributed by atoms with Gasteiger partial charge in [0.25, 0.3) is 0 Å². The first kappa shape index (κ1) is 14.7. The summed E-state index contributed by atoms with van der Waals surface area (Å²) in [7, 11) is 1.89. The molecule has 0 bridgehead atoms. The lowest BCUT2D eigenvalue weighted by atomic mass is 10.2. The highest BCUT2D eigenvalue weighted by molar-refractivity contribution is 5.88. The van der Waals surface area contributed by atoms with Crippen LogP contribution in [0, 0.1) is 6.92 Å². The van der Waals surface area contributed by atoms with Crippen LogP contribution in [-0.2, 0) is 7.05 Å². The molecule has 0 fully saturated rings. The number of ether oxygens (including phenoxy) is 2. The van der Waals surface area contributed by atoms with E-state index in [-0.39, 0.29) is 6.10 Å². The van der Waals surface area contributed by atoms with Crippen LogP contribution in [0.2, 0.25) is 0 Å². The maximum atomic E-state index is 5.97. The number of hydrogen-bond acceptors (Lipinski definition) is 6. The van der Waals surface area contributed by atoms with Crippen molar-refractivity contribution in [3.8, 4) is 11.5 Å². The Morgan fingerprint density at radius 3 is 2.96 bits per heavy atom. The molecule has 3 aromatic rings. The highest BCUT2D eigenvalue weighted by Gasteiger charge is 2.20. The van der Waals surface area contributed by atoms with Crippen LogP contribution in [-0.4, -0.2) is 39.0 Å². The molecule has 0 spiro atoms. The quantitative estimate of drug-likeness (QED) is 0.793. The van der Waals surface area contributed by atoms with Gasteiger partial charge in [-0.05, 0) is 19.1 Å². The lowest BCUT2D eigenvalue weighted by Gasteiger charge is -2.26. The van der Waals surface area contributed by atoms with Gasteiger partial charge in [-0.25, -0.2) is 9.97 Å². The molecule has 1 N–H and O–H groups in total. The van der Waals surface area contributed by atoms with Crippen molar-refractivity contribution in [3.05, 3.63) is 36.3 Å². The van der Waals surface area contributed by atoms with Gasteiger partial charge in [0.15, 0.2) is 17.1 Å². The van der Waals surface area contributed by atoms with E-state index in [9.17, 15) is 0 Å². The van der Waals surface area contributed by atoms with Crippen LogP contribution in [0.5, 0.6) is 11.5 Å². The Morgan fingerprint density at radius 1 is 1.25 bits per heavy atom. The molecule has 0 radical (unpaired) electrons. The number of anilines is 1. The van der Waals surface area contributed by atoms with Gasteiger partial charge in [-0.1, -0.05) is 12.1 Å². The molecule has 1 aliphatic rings. The van der Waals surface area contributed by atoms with Gasteiger partial charge in [0, 0.05) is 20.0 Å². The van der Waals surface area contributed by atoms with Crippen molar-refractivity contribution in [2.24, 2.45) is 7.05 Å². The third-order valence-electron chi connectivity index (χ3n) is 4.12. The number of nitrogens with one attached hydrogen (secondary N) is 1. The van der Waals surface area contributed by atoms with Crippen LogP contribution in [0.25, 0.3) is 11.0 Å². The summed E-state index contributed by atoms with van der Waals surface area (Å²) >= 11 is 0. The minimum Gasteiger partial charge on any atom is -0.486 e. The normalized spacial score (nSPS) is 16.3. The Bertz CT molecular complexity index is 877. The third kappa shape index (κ3) is 2.62. The zero-order chi connectivity index (χ0) is 16.5. The fraction of sp³-hybridized carbons (Fsp3) is 0.353. The Morgan fingerprint density at radius 2 is 2.08 bits per heavy atom. The Kier molecular flexibility index (Phi) is 3.68. The van der Waals surface area contributed by atoms with Gasteiger partial charge in [-0.15, -0.1) is 0 Å². The number of para-hydroxylation sites is 2. The lowest BCUT2D eigenvalue weighted by Crippen LogP contribution is -2.31. The van der Waals surface area contributed by atoms with Crippen molar-refractivity contribution in [1.29, 1.82) is 0 Å². The average molecular weight is 325 g/mol. The Hall–Kier alpha value is -2.83. The van der Waals surface area contributed by atoms with Gasteiger partial charge in [0.05, 0.1) is 11.1 Å². The average Bonchev–Trinajstić information content (AvgIpc) is 2.90. The molecule has 1 atom stereocenters. The van der Waals surface area contributed by atoms with Crippen LogP contribution in [0.4, 0.5) is 5.82 Å². The summed E-state index contributed by atoms with van der Waals surface area (Å²) in [6.07, 6.45) is 2.40. The second-order valence-electron chi connectivity index (χ2n) is 5.84. The van der Waals surface area contributed by atoms with Crippen LogP contribution in [0.1, 0.15) is 12.1 Å². The third-order valence-corrected chi connectivity index (χ3v) is 4.12. The molecular weight excluding hydrogens is 306 g/mol. The molecule has 124 valence electrons. The van der Waals surface area contributed by atoms with Crippen LogP contribution in [0.15, 0.2) is 30.6 Å². The zero-order valence-electron chi connectivity index (χ0n) is 13.7. The molecule has 1 aromatic carbocycles. The van der Waals surface area contributed by atoms with E-state index < -0.39 is 0 Å². The van der Waals surface area contributed by atoms with Gasteiger partial charge in [0.2, 0.25) is 0 Å². The summed E-state index contributed by atoms with van der Waals surface area (Å²) in [5, 5.41) is 8.74. The van der Waals surface area contributed by atoms with Crippen molar-refractivity contribution >= 4 is 16.9 Å². The molecule has 7 heteroatoms. The molecule has 7 nitrogen and oxygen atoms in total. The molecule has 0 saturated heterocycles. The van der Waals surface area contributed by atoms with E-state index in [1.54, 1.807) is 11.0 Å². The second-order valence-corrected chi connectivity index (χ2v) is 5.84. The van der Waals surface area contributed by atoms with Crippen LogP contribution < -0.4 is 14.8 Å². The first-order valence-corrected chi connectivity index (χ1v) is 7.99. The van der Waals surface area contributed by atoms with E-state index in [0.717, 1.165) is 47.0 Å². The standard InChI is InChI=1S/C17H19N5O2/c1-11-15-16(19-10-20-17(15)22(2)21-11)18-8-7-12-9-23-13-5-3-4-6-14(13)24-12/h3-6,10,12H,7-9H2,1-2H3,(H,18,19,20)/t12-/m0/s1. The van der Waals surface area contributed by atoms with E-state index in [0.29, 0.717) is 6.61 Å². The lowest BCUT2D eigenvalue weighted by molar-refractivity contribution is 0.0873. The molecule has 3 heterocycles. The molecule has 0 aliphatic carbocycles. The number of nitrogens with zero attached hydrogens (tertiary/aromatic N) is 4. The minimum absolute atomic E-state index is 0.0275. The SMILES string of the molecule is Cc1nn(C)c2ncnc(NCC[C@H]3COc4ccccc4O3)c12. The molecule has 4 rings (SSSR count). The predicted molar refractivity (Wildman–Crippen MR) is 90.5 cm³/mol. The fourth-order valence-corrected chi connectivity index (χ4v) is 2.97. The topological polar surface area (TPSA) is 74.1 Å². The highest BCUT2D eigenvalue weighted by atomic mass is 16.6. The number of fused-ring (bicyclic) bond motifs is 2. The van der Waals surface area contributed by atoms with Crippen molar-refractivity contribution in [2.45, 2.75) is 19.4 Å². The van der Waals surface area contributed by atoms with Crippen molar-refractivity contribution in [2.75, 3.05) is 18.5 Å². The summed E-state index contributed by atoms with van der Waals surface area (Å²) < 4.78 is 13.5. The van der Waals surface area contributed by atoms with E-state index in [1.165, 1.54) is 0 Å². The van der Waals surface area contributed by atoms with Crippen molar-refractivity contribution < 1.29 is 9.47 Å². The summed E-state index contributed by atoms with van der Waals surface area (Å²) in [6.45, 7) is 3.26. The maximum Gasteiger partial charge on any atom is 0.163 e. The molecule has 1 aliphatic heterocycles. The summed E-state index contributed by atoms with van der Waals surface area (Å²) in [4.78, 5) is 8.64. The van der Waals surface area contributed by atoms with Gasteiger partial charge in [-0.3, -0.25) is 4.68 Å². The van der Waals surface area contributed by atoms with Gasteiger partial charge in [0.1, 0.15) is 24.9 Å². The number of aromatic nitrogens is 4.